The first-order chi connectivity index (χ1) is 11.7. The summed E-state index contributed by atoms with van der Waals surface area (Å²) in [5, 5.41) is 18.1. The zero-order valence-corrected chi connectivity index (χ0v) is 15.9. The molecule has 0 saturated heterocycles. The molecule has 0 aliphatic rings. The Morgan fingerprint density at radius 3 is 1.41 bits per heavy atom. The molecular formula is C8H18NO15P3. The summed E-state index contributed by atoms with van der Waals surface area (Å²) in [6.45, 7) is 1.29. The third kappa shape index (κ3) is 33.0. The van der Waals surface area contributed by atoms with E-state index in [1.165, 1.54) is 6.20 Å². The Bertz CT molecular complexity index is 646. The molecule has 160 valence electrons. The second kappa shape index (κ2) is 13.1. The van der Waals surface area contributed by atoms with Crippen LogP contribution >= 0.6 is 23.5 Å². The molecule has 1 aromatic heterocycles. The van der Waals surface area contributed by atoms with Crippen molar-refractivity contribution in [3.8, 4) is 5.75 Å². The van der Waals surface area contributed by atoms with Crippen molar-refractivity contribution < 1.29 is 72.7 Å². The van der Waals surface area contributed by atoms with Crippen LogP contribution in [0.2, 0.25) is 0 Å². The summed E-state index contributed by atoms with van der Waals surface area (Å²) in [6, 6.07) is 0. The van der Waals surface area contributed by atoms with Gasteiger partial charge in [-0.05, 0) is 6.92 Å². The average Bonchev–Trinajstić information content (AvgIpc) is 2.36. The minimum atomic E-state index is -4.64. The number of aromatic nitrogens is 1. The molecule has 0 aromatic carbocycles. The number of hydrogen-bond acceptors (Lipinski definition) is 7. The maximum Gasteiger partial charge on any atom is 0.466 e. The molecule has 0 saturated carbocycles. The molecule has 0 aliphatic heterocycles. The molecule has 0 radical (unpaired) electrons. The lowest BCUT2D eigenvalue weighted by atomic mass is 10.1. The summed E-state index contributed by atoms with van der Waals surface area (Å²) < 4.78 is 26.6. The molecule has 0 unspecified atom stereocenters. The minimum Gasteiger partial charge on any atom is -0.505 e. The van der Waals surface area contributed by atoms with E-state index in [1.54, 1.807) is 6.92 Å². The lowest BCUT2D eigenvalue weighted by Crippen LogP contribution is -1.96. The van der Waals surface area contributed by atoms with Crippen molar-refractivity contribution in [3.05, 3.63) is 23.0 Å². The molecule has 27 heavy (non-hydrogen) atoms. The lowest BCUT2D eigenvalue weighted by molar-refractivity contribution is 0.111. The molecule has 1 heterocycles. The highest BCUT2D eigenvalue weighted by Crippen LogP contribution is 2.26. The maximum absolute atomic E-state index is 10.5. The van der Waals surface area contributed by atoms with Crippen LogP contribution in [0.25, 0.3) is 0 Å². The first-order valence-electron chi connectivity index (χ1n) is 5.79. The van der Waals surface area contributed by atoms with E-state index >= 15 is 0 Å². The van der Waals surface area contributed by atoms with Crippen LogP contribution in [-0.2, 0) is 20.3 Å². The van der Waals surface area contributed by atoms with Gasteiger partial charge >= 0.3 is 23.5 Å². The van der Waals surface area contributed by atoms with E-state index in [1.807, 2.05) is 0 Å². The highest BCUT2D eigenvalue weighted by atomic mass is 31.2. The normalized spacial score (nSPS) is 10.9. The topological polar surface area (TPSA) is 304 Å². The standard InChI is InChI=1S/C8H9NO3.3H3O4P/c1-5-8(12)7(4-11)6(3-10)2-9-5;3*1-5(2,3)4/h2,4,10,12H,3H2,1H3;3*(H3,1,2,3,4). The molecule has 1 aromatic rings. The van der Waals surface area contributed by atoms with Gasteiger partial charge in [-0.2, -0.15) is 0 Å². The first kappa shape index (κ1) is 30.6. The number of hydrogen-bond donors (Lipinski definition) is 11. The van der Waals surface area contributed by atoms with Crippen LogP contribution in [0.4, 0.5) is 0 Å². The monoisotopic (exact) mass is 461 g/mol. The molecule has 0 spiro atoms. The molecule has 0 fully saturated rings. The van der Waals surface area contributed by atoms with Crippen molar-refractivity contribution >= 4 is 29.8 Å². The quantitative estimate of drug-likeness (QED) is 0.162. The van der Waals surface area contributed by atoms with E-state index in [2.05, 4.69) is 4.98 Å². The van der Waals surface area contributed by atoms with Gasteiger partial charge in [0.1, 0.15) is 5.75 Å². The average molecular weight is 461 g/mol. The Balaban J connectivity index is -0.000000323. The molecule has 19 heteroatoms. The molecule has 1 rings (SSSR count). The van der Waals surface area contributed by atoms with Gasteiger partial charge < -0.3 is 54.3 Å². The largest absolute Gasteiger partial charge is 0.505 e. The third-order valence-electron chi connectivity index (χ3n) is 1.65. The summed E-state index contributed by atoms with van der Waals surface area (Å²) in [4.78, 5) is 78.9. The number of aliphatic hydroxyl groups is 1. The summed E-state index contributed by atoms with van der Waals surface area (Å²) in [7, 11) is -13.9. The number of carbonyl (C=O) groups excluding carboxylic acids is 1. The van der Waals surface area contributed by atoms with Gasteiger partial charge in [0, 0.05) is 11.8 Å². The highest BCUT2D eigenvalue weighted by molar-refractivity contribution is 7.45. The third-order valence-corrected chi connectivity index (χ3v) is 1.65. The first-order valence-corrected chi connectivity index (χ1v) is 10.5. The van der Waals surface area contributed by atoms with Gasteiger partial charge in [-0.1, -0.05) is 0 Å². The molecule has 0 aliphatic carbocycles. The molecule has 11 N–H and O–H groups in total. The van der Waals surface area contributed by atoms with Crippen molar-refractivity contribution in [2.45, 2.75) is 13.5 Å². The minimum absolute atomic E-state index is 0.116. The second-order valence-corrected chi connectivity index (χ2v) is 7.03. The number of aryl methyl sites for hydroxylation is 1. The Hall–Kier alpha value is -1.09. The fourth-order valence-corrected chi connectivity index (χ4v) is 0.910. The van der Waals surface area contributed by atoms with E-state index in [0.717, 1.165) is 0 Å². The molecular weight excluding hydrogens is 443 g/mol. The fraction of sp³-hybridized carbons (Fsp3) is 0.250. The number of aldehydes is 1. The van der Waals surface area contributed by atoms with Gasteiger partial charge in [0.2, 0.25) is 0 Å². The highest BCUT2D eigenvalue weighted by Gasteiger charge is 2.09. The fourth-order valence-electron chi connectivity index (χ4n) is 0.910. The van der Waals surface area contributed by atoms with Crippen LogP contribution in [0, 0.1) is 6.92 Å². The van der Waals surface area contributed by atoms with Gasteiger partial charge in [0.05, 0.1) is 17.9 Å². The van der Waals surface area contributed by atoms with Crippen LogP contribution in [-0.4, -0.2) is 65.5 Å². The van der Waals surface area contributed by atoms with Crippen LogP contribution in [0.1, 0.15) is 21.6 Å². The van der Waals surface area contributed by atoms with Gasteiger partial charge in [0.25, 0.3) is 0 Å². The SMILES string of the molecule is Cc1ncc(CO)c(C=O)c1O.O=P(O)(O)O.O=P(O)(O)O.O=P(O)(O)O. The van der Waals surface area contributed by atoms with Crippen molar-refractivity contribution in [3.63, 3.8) is 0 Å². The van der Waals surface area contributed by atoms with Gasteiger partial charge in [-0.15, -0.1) is 0 Å². The second-order valence-electron chi connectivity index (χ2n) is 3.95. The summed E-state index contributed by atoms with van der Waals surface area (Å²) in [6.07, 6.45) is 1.88. The van der Waals surface area contributed by atoms with Crippen molar-refractivity contribution in [1.29, 1.82) is 0 Å². The number of carbonyl (C=O) groups is 1. The molecule has 0 amide bonds. The number of pyridine rings is 1. The van der Waals surface area contributed by atoms with Gasteiger partial charge in [-0.3, -0.25) is 9.78 Å². The molecule has 0 bridgehead atoms. The smallest absolute Gasteiger partial charge is 0.466 e. The lowest BCUT2D eigenvalue weighted by Gasteiger charge is -2.04. The van der Waals surface area contributed by atoms with Crippen LogP contribution < -0.4 is 0 Å². The number of phosphoric acid groups is 3. The van der Waals surface area contributed by atoms with E-state index in [0.29, 0.717) is 17.5 Å². The summed E-state index contributed by atoms with van der Waals surface area (Å²) in [5.41, 5.74) is 0.840. The number of nitrogens with zero attached hydrogens (tertiary/aromatic N) is 1. The zero-order valence-electron chi connectivity index (χ0n) is 13.2. The van der Waals surface area contributed by atoms with Crippen molar-refractivity contribution in [2.24, 2.45) is 0 Å². The van der Waals surface area contributed by atoms with E-state index < -0.39 is 23.5 Å². The molecule has 16 nitrogen and oxygen atoms in total. The van der Waals surface area contributed by atoms with Gasteiger partial charge in [0.15, 0.2) is 6.29 Å². The maximum atomic E-state index is 10.5. The van der Waals surface area contributed by atoms with E-state index in [-0.39, 0.29) is 17.9 Å². The van der Waals surface area contributed by atoms with Crippen molar-refractivity contribution in [1.82, 2.24) is 4.98 Å². The predicted octanol–water partition coefficient (Wildman–Crippen LogP) is -2.39. The molecule has 0 atom stereocenters. The van der Waals surface area contributed by atoms with E-state index in [4.69, 9.17) is 62.8 Å². The van der Waals surface area contributed by atoms with E-state index in [9.17, 15) is 9.90 Å². The number of aromatic hydroxyl groups is 1. The van der Waals surface area contributed by atoms with Crippen LogP contribution in [0.5, 0.6) is 5.75 Å². The summed E-state index contributed by atoms with van der Waals surface area (Å²) in [5.74, 6) is -0.156. The zero-order chi connectivity index (χ0) is 22.6. The Morgan fingerprint density at radius 2 is 1.19 bits per heavy atom. The Kier molecular flexibility index (Phi) is 14.9. The Morgan fingerprint density at radius 1 is 0.889 bits per heavy atom. The van der Waals surface area contributed by atoms with Crippen LogP contribution in [0.15, 0.2) is 6.20 Å². The predicted molar refractivity (Wildman–Crippen MR) is 84.7 cm³/mol. The summed E-state index contributed by atoms with van der Waals surface area (Å²) >= 11 is 0. The van der Waals surface area contributed by atoms with Crippen molar-refractivity contribution in [2.75, 3.05) is 0 Å². The van der Waals surface area contributed by atoms with Gasteiger partial charge in [-0.25, -0.2) is 13.7 Å². The van der Waals surface area contributed by atoms with Crippen LogP contribution in [0.3, 0.4) is 0 Å². The number of aliphatic hydroxyl groups excluding tert-OH is 1. The Labute approximate surface area is 150 Å². The number of rotatable bonds is 2.